The van der Waals surface area contributed by atoms with Gasteiger partial charge in [-0.1, -0.05) is 13.3 Å². The fourth-order valence-electron chi connectivity index (χ4n) is 2.22. The van der Waals surface area contributed by atoms with Crippen molar-refractivity contribution in [2.24, 2.45) is 0 Å². The lowest BCUT2D eigenvalue weighted by Crippen LogP contribution is -2.53. The molecule has 0 spiro atoms. The van der Waals surface area contributed by atoms with Crippen LogP contribution in [0.5, 0.6) is 0 Å². The van der Waals surface area contributed by atoms with Gasteiger partial charge in [0, 0.05) is 6.04 Å². The third kappa shape index (κ3) is 3.80. The molecular formula is C13H24N2O2. The van der Waals surface area contributed by atoms with Crippen LogP contribution in [0.4, 0.5) is 0 Å². The number of aldehydes is 1. The first kappa shape index (κ1) is 14.2. The standard InChI is InChI=1S/C13H24N2O2/c1-4-10(2)14-13(17)11(3)15-8-6-5-7-12(15)9-16/h9-12H,4-8H2,1-3H3,(H,14,17). The van der Waals surface area contributed by atoms with Gasteiger partial charge in [0.05, 0.1) is 12.1 Å². The summed E-state index contributed by atoms with van der Waals surface area (Å²) in [6.07, 6.45) is 4.94. The van der Waals surface area contributed by atoms with Crippen LogP contribution in [-0.2, 0) is 9.59 Å². The number of hydrogen-bond acceptors (Lipinski definition) is 3. The average Bonchev–Trinajstić information content (AvgIpc) is 2.37. The van der Waals surface area contributed by atoms with Crippen LogP contribution in [0.2, 0.25) is 0 Å². The topological polar surface area (TPSA) is 49.4 Å². The number of carbonyl (C=O) groups is 2. The van der Waals surface area contributed by atoms with Crippen LogP contribution >= 0.6 is 0 Å². The van der Waals surface area contributed by atoms with Gasteiger partial charge in [-0.3, -0.25) is 9.69 Å². The molecule has 3 atom stereocenters. The van der Waals surface area contributed by atoms with E-state index in [1.54, 1.807) is 0 Å². The predicted molar refractivity (Wildman–Crippen MR) is 67.8 cm³/mol. The third-order valence-corrected chi connectivity index (χ3v) is 3.63. The highest BCUT2D eigenvalue weighted by atomic mass is 16.2. The van der Waals surface area contributed by atoms with Gasteiger partial charge in [-0.15, -0.1) is 0 Å². The summed E-state index contributed by atoms with van der Waals surface area (Å²) in [6, 6.07) is -0.0923. The zero-order valence-electron chi connectivity index (χ0n) is 11.1. The highest BCUT2D eigenvalue weighted by Crippen LogP contribution is 2.18. The number of nitrogens with one attached hydrogen (secondary N) is 1. The molecule has 98 valence electrons. The van der Waals surface area contributed by atoms with Crippen molar-refractivity contribution in [1.29, 1.82) is 0 Å². The molecule has 1 aliphatic rings. The molecule has 0 aromatic heterocycles. The lowest BCUT2D eigenvalue weighted by Gasteiger charge is -2.36. The molecule has 0 aromatic carbocycles. The van der Waals surface area contributed by atoms with Crippen LogP contribution < -0.4 is 5.32 Å². The summed E-state index contributed by atoms with van der Waals surface area (Å²) >= 11 is 0. The molecule has 0 radical (unpaired) electrons. The predicted octanol–water partition coefficient (Wildman–Crippen LogP) is 1.34. The van der Waals surface area contributed by atoms with Crippen molar-refractivity contribution in [3.63, 3.8) is 0 Å². The molecule has 1 aliphatic heterocycles. The van der Waals surface area contributed by atoms with Gasteiger partial charge in [-0.25, -0.2) is 0 Å². The van der Waals surface area contributed by atoms with E-state index in [4.69, 9.17) is 0 Å². The molecule has 0 bridgehead atoms. The van der Waals surface area contributed by atoms with Crippen LogP contribution in [0.1, 0.15) is 46.5 Å². The second-order valence-corrected chi connectivity index (χ2v) is 4.93. The minimum absolute atomic E-state index is 0.0353. The molecule has 0 aliphatic carbocycles. The largest absolute Gasteiger partial charge is 0.352 e. The second-order valence-electron chi connectivity index (χ2n) is 4.93. The van der Waals surface area contributed by atoms with Crippen molar-refractivity contribution in [2.45, 2.75) is 64.6 Å². The third-order valence-electron chi connectivity index (χ3n) is 3.63. The van der Waals surface area contributed by atoms with Gasteiger partial charge < -0.3 is 10.1 Å². The van der Waals surface area contributed by atoms with Crippen LogP contribution in [0.15, 0.2) is 0 Å². The summed E-state index contributed by atoms with van der Waals surface area (Å²) in [4.78, 5) is 25.0. The molecule has 1 amide bonds. The molecule has 1 rings (SSSR count). The van der Waals surface area contributed by atoms with Gasteiger partial charge in [0.15, 0.2) is 0 Å². The van der Waals surface area contributed by atoms with Crippen molar-refractivity contribution in [3.05, 3.63) is 0 Å². The molecule has 0 aromatic rings. The summed E-state index contributed by atoms with van der Waals surface area (Å²) < 4.78 is 0. The monoisotopic (exact) mass is 240 g/mol. The highest BCUT2D eigenvalue weighted by molar-refractivity contribution is 5.82. The lowest BCUT2D eigenvalue weighted by atomic mass is 10.0. The van der Waals surface area contributed by atoms with Gasteiger partial charge in [-0.05, 0) is 39.7 Å². The van der Waals surface area contributed by atoms with Crippen molar-refractivity contribution >= 4 is 12.2 Å². The minimum atomic E-state index is -0.209. The smallest absolute Gasteiger partial charge is 0.237 e. The maximum Gasteiger partial charge on any atom is 0.237 e. The molecule has 17 heavy (non-hydrogen) atoms. The lowest BCUT2D eigenvalue weighted by molar-refractivity contribution is -0.129. The van der Waals surface area contributed by atoms with Gasteiger partial charge in [0.25, 0.3) is 0 Å². The normalized spacial score (nSPS) is 25.0. The Bertz CT molecular complexity index is 268. The summed E-state index contributed by atoms with van der Waals surface area (Å²) in [6.45, 7) is 6.78. The summed E-state index contributed by atoms with van der Waals surface area (Å²) in [5, 5.41) is 2.97. The van der Waals surface area contributed by atoms with Crippen molar-refractivity contribution in [2.75, 3.05) is 6.54 Å². The molecule has 1 saturated heterocycles. The number of likely N-dealkylation sites (tertiary alicyclic amines) is 1. The average molecular weight is 240 g/mol. The second kappa shape index (κ2) is 6.74. The molecule has 1 fully saturated rings. The molecule has 1 heterocycles. The van der Waals surface area contributed by atoms with Crippen LogP contribution in [0.3, 0.4) is 0 Å². The Morgan fingerprint density at radius 2 is 2.18 bits per heavy atom. The quantitative estimate of drug-likeness (QED) is 0.738. The summed E-state index contributed by atoms with van der Waals surface area (Å²) in [5.41, 5.74) is 0. The molecule has 3 unspecified atom stereocenters. The Labute approximate surface area is 104 Å². The number of piperidine rings is 1. The van der Waals surface area contributed by atoms with Gasteiger partial charge in [-0.2, -0.15) is 0 Å². The zero-order valence-corrected chi connectivity index (χ0v) is 11.1. The Balaban J connectivity index is 2.57. The van der Waals surface area contributed by atoms with Crippen molar-refractivity contribution in [1.82, 2.24) is 10.2 Å². The molecule has 0 saturated carbocycles. The van der Waals surface area contributed by atoms with E-state index in [9.17, 15) is 9.59 Å². The maximum absolute atomic E-state index is 12.0. The van der Waals surface area contributed by atoms with Crippen LogP contribution in [-0.4, -0.2) is 41.8 Å². The summed E-state index contributed by atoms with van der Waals surface area (Å²) in [7, 11) is 0. The van der Waals surface area contributed by atoms with Gasteiger partial charge in [0.2, 0.25) is 5.91 Å². The number of rotatable bonds is 5. The molecular weight excluding hydrogens is 216 g/mol. The number of amides is 1. The first-order valence-corrected chi connectivity index (χ1v) is 6.61. The summed E-state index contributed by atoms with van der Waals surface area (Å²) in [5.74, 6) is 0.0353. The van der Waals surface area contributed by atoms with E-state index < -0.39 is 0 Å². The van der Waals surface area contributed by atoms with E-state index in [1.807, 2.05) is 25.7 Å². The van der Waals surface area contributed by atoms with Crippen LogP contribution in [0.25, 0.3) is 0 Å². The van der Waals surface area contributed by atoms with E-state index in [0.29, 0.717) is 0 Å². The molecule has 1 N–H and O–H groups in total. The fourth-order valence-corrected chi connectivity index (χ4v) is 2.22. The van der Waals surface area contributed by atoms with Crippen LogP contribution in [0, 0.1) is 0 Å². The Kier molecular flexibility index (Phi) is 5.62. The van der Waals surface area contributed by atoms with Crippen molar-refractivity contribution in [3.8, 4) is 0 Å². The highest BCUT2D eigenvalue weighted by Gasteiger charge is 2.30. The minimum Gasteiger partial charge on any atom is -0.352 e. The number of carbonyl (C=O) groups excluding carboxylic acids is 2. The number of nitrogens with zero attached hydrogens (tertiary/aromatic N) is 1. The SMILES string of the molecule is CCC(C)NC(=O)C(C)N1CCCCC1C=O. The van der Waals surface area contributed by atoms with Crippen molar-refractivity contribution < 1.29 is 9.59 Å². The van der Waals surface area contributed by atoms with E-state index >= 15 is 0 Å². The van der Waals surface area contributed by atoms with E-state index in [2.05, 4.69) is 5.32 Å². The first-order chi connectivity index (χ1) is 8.10. The van der Waals surface area contributed by atoms with E-state index in [0.717, 1.165) is 38.5 Å². The Morgan fingerprint density at radius 1 is 1.47 bits per heavy atom. The van der Waals surface area contributed by atoms with E-state index in [1.165, 1.54) is 0 Å². The molecule has 4 heteroatoms. The van der Waals surface area contributed by atoms with Gasteiger partial charge >= 0.3 is 0 Å². The van der Waals surface area contributed by atoms with Gasteiger partial charge in [0.1, 0.15) is 6.29 Å². The zero-order chi connectivity index (χ0) is 12.8. The Hall–Kier alpha value is -0.900. The first-order valence-electron chi connectivity index (χ1n) is 6.61. The fraction of sp³-hybridized carbons (Fsp3) is 0.846. The number of hydrogen-bond donors (Lipinski definition) is 1. The van der Waals surface area contributed by atoms with E-state index in [-0.39, 0.29) is 24.0 Å². The molecule has 4 nitrogen and oxygen atoms in total. The Morgan fingerprint density at radius 3 is 2.76 bits per heavy atom. The maximum atomic E-state index is 12.0.